The summed E-state index contributed by atoms with van der Waals surface area (Å²) in [6.45, 7) is 3.96. The monoisotopic (exact) mass is 239 g/mol. The minimum absolute atomic E-state index is 0.196. The largest absolute Gasteiger partial charge is 0.493 e. The maximum Gasteiger partial charge on any atom is 0.161 e. The molecular weight excluding hydrogens is 218 g/mol. The molecule has 0 aromatic heterocycles. The summed E-state index contributed by atoms with van der Waals surface area (Å²) in [6, 6.07) is 7.59. The third-order valence-corrected chi connectivity index (χ3v) is 2.30. The molecule has 0 radical (unpaired) electrons. The predicted molar refractivity (Wildman–Crippen MR) is 67.8 cm³/mol. The lowest BCUT2D eigenvalue weighted by Crippen LogP contribution is -2.25. The van der Waals surface area contributed by atoms with E-state index in [0.29, 0.717) is 13.2 Å². The number of ether oxygens (including phenoxy) is 3. The first-order chi connectivity index (χ1) is 8.27. The third-order valence-electron chi connectivity index (χ3n) is 2.30. The molecule has 1 atom stereocenters. The van der Waals surface area contributed by atoms with Gasteiger partial charge in [-0.05, 0) is 26.1 Å². The predicted octanol–water partition coefficient (Wildman–Crippen LogP) is 1.70. The molecule has 0 heterocycles. The van der Waals surface area contributed by atoms with Crippen molar-refractivity contribution in [2.45, 2.75) is 13.0 Å². The summed E-state index contributed by atoms with van der Waals surface area (Å²) < 4.78 is 16.3. The molecule has 0 fully saturated rings. The molecule has 1 aromatic carbocycles. The number of para-hydroxylation sites is 2. The van der Waals surface area contributed by atoms with Crippen molar-refractivity contribution in [2.75, 3.05) is 33.9 Å². The van der Waals surface area contributed by atoms with Crippen molar-refractivity contribution in [3.63, 3.8) is 0 Å². The van der Waals surface area contributed by atoms with Gasteiger partial charge in [-0.2, -0.15) is 0 Å². The molecule has 0 amide bonds. The molecule has 1 unspecified atom stereocenters. The molecule has 0 aliphatic carbocycles. The van der Waals surface area contributed by atoms with Crippen LogP contribution in [0.15, 0.2) is 24.3 Å². The average Bonchev–Trinajstić information content (AvgIpc) is 2.35. The van der Waals surface area contributed by atoms with Crippen molar-refractivity contribution in [1.82, 2.24) is 5.32 Å². The van der Waals surface area contributed by atoms with Gasteiger partial charge in [-0.3, -0.25) is 0 Å². The van der Waals surface area contributed by atoms with Crippen LogP contribution in [-0.2, 0) is 4.74 Å². The zero-order chi connectivity index (χ0) is 12.5. The summed E-state index contributed by atoms with van der Waals surface area (Å²) >= 11 is 0. The van der Waals surface area contributed by atoms with Crippen LogP contribution in [0.2, 0.25) is 0 Å². The van der Waals surface area contributed by atoms with E-state index >= 15 is 0 Å². The Hall–Kier alpha value is -1.26. The van der Waals surface area contributed by atoms with Gasteiger partial charge in [0.1, 0.15) is 6.61 Å². The molecule has 4 heteroatoms. The van der Waals surface area contributed by atoms with Gasteiger partial charge in [0.25, 0.3) is 0 Å². The quantitative estimate of drug-likeness (QED) is 0.701. The van der Waals surface area contributed by atoms with Gasteiger partial charge in [0.2, 0.25) is 0 Å². The lowest BCUT2D eigenvalue weighted by molar-refractivity contribution is 0.0453. The van der Waals surface area contributed by atoms with E-state index in [1.165, 1.54) is 0 Å². The molecule has 0 spiro atoms. The Balaban J connectivity index is 2.26. The zero-order valence-electron chi connectivity index (χ0n) is 10.7. The van der Waals surface area contributed by atoms with Crippen molar-refractivity contribution in [1.29, 1.82) is 0 Å². The molecular formula is C13H21NO3. The van der Waals surface area contributed by atoms with Crippen LogP contribution in [0.3, 0.4) is 0 Å². The molecule has 17 heavy (non-hydrogen) atoms. The van der Waals surface area contributed by atoms with Gasteiger partial charge in [0.05, 0.1) is 19.8 Å². The zero-order valence-corrected chi connectivity index (χ0v) is 10.7. The van der Waals surface area contributed by atoms with Crippen molar-refractivity contribution in [2.24, 2.45) is 0 Å². The topological polar surface area (TPSA) is 39.7 Å². The summed E-state index contributed by atoms with van der Waals surface area (Å²) in [5.74, 6) is 1.50. The summed E-state index contributed by atoms with van der Waals surface area (Å²) in [5.41, 5.74) is 0. The van der Waals surface area contributed by atoms with E-state index in [2.05, 4.69) is 5.32 Å². The van der Waals surface area contributed by atoms with Crippen LogP contribution in [0.5, 0.6) is 11.5 Å². The molecule has 0 saturated carbocycles. The second-order valence-electron chi connectivity index (χ2n) is 3.74. The fourth-order valence-corrected chi connectivity index (χ4v) is 1.49. The Morgan fingerprint density at radius 1 is 1.18 bits per heavy atom. The van der Waals surface area contributed by atoms with Crippen molar-refractivity contribution >= 4 is 0 Å². The second kappa shape index (κ2) is 7.92. The maximum absolute atomic E-state index is 5.59. The minimum Gasteiger partial charge on any atom is -0.493 e. The Kier molecular flexibility index (Phi) is 6.43. The number of benzene rings is 1. The van der Waals surface area contributed by atoms with Crippen LogP contribution < -0.4 is 14.8 Å². The van der Waals surface area contributed by atoms with Gasteiger partial charge in [-0.1, -0.05) is 12.1 Å². The third kappa shape index (κ3) is 5.06. The highest BCUT2D eigenvalue weighted by atomic mass is 16.5. The van der Waals surface area contributed by atoms with Gasteiger partial charge in [0.15, 0.2) is 11.5 Å². The number of nitrogens with one attached hydrogen (secondary N) is 1. The fourth-order valence-electron chi connectivity index (χ4n) is 1.49. The Morgan fingerprint density at radius 2 is 1.88 bits per heavy atom. The van der Waals surface area contributed by atoms with Crippen molar-refractivity contribution < 1.29 is 14.2 Å². The van der Waals surface area contributed by atoms with E-state index in [4.69, 9.17) is 14.2 Å². The number of hydrogen-bond acceptors (Lipinski definition) is 4. The molecule has 0 aliphatic heterocycles. The fraction of sp³-hybridized carbons (Fsp3) is 0.538. The van der Waals surface area contributed by atoms with E-state index in [1.54, 1.807) is 7.11 Å². The molecule has 0 aliphatic rings. The molecule has 96 valence electrons. The van der Waals surface area contributed by atoms with Gasteiger partial charge < -0.3 is 19.5 Å². The Morgan fingerprint density at radius 3 is 2.53 bits per heavy atom. The van der Waals surface area contributed by atoms with E-state index in [0.717, 1.165) is 18.0 Å². The van der Waals surface area contributed by atoms with E-state index in [9.17, 15) is 0 Å². The van der Waals surface area contributed by atoms with Gasteiger partial charge in [0, 0.05) is 6.54 Å². The van der Waals surface area contributed by atoms with Gasteiger partial charge in [-0.25, -0.2) is 0 Å². The van der Waals surface area contributed by atoms with E-state index in [1.807, 2.05) is 38.2 Å². The number of hydrogen-bond donors (Lipinski definition) is 1. The highest BCUT2D eigenvalue weighted by molar-refractivity contribution is 5.39. The minimum atomic E-state index is 0.196. The normalized spacial score (nSPS) is 12.2. The summed E-state index contributed by atoms with van der Waals surface area (Å²) in [4.78, 5) is 0. The molecule has 1 N–H and O–H groups in total. The van der Waals surface area contributed by atoms with Crippen LogP contribution in [0.25, 0.3) is 0 Å². The number of rotatable bonds is 8. The summed E-state index contributed by atoms with van der Waals surface area (Å²) in [5, 5.41) is 3.06. The van der Waals surface area contributed by atoms with Gasteiger partial charge >= 0.3 is 0 Å². The lowest BCUT2D eigenvalue weighted by atomic mass is 10.3. The highest BCUT2D eigenvalue weighted by Crippen LogP contribution is 2.25. The van der Waals surface area contributed by atoms with Crippen LogP contribution in [0.4, 0.5) is 0 Å². The first kappa shape index (κ1) is 13.8. The average molecular weight is 239 g/mol. The standard InChI is InChI=1S/C13H21NO3/c1-11(10-14-2)16-8-9-17-13-7-5-4-6-12(13)15-3/h4-7,11,14H,8-10H2,1-3H3. The summed E-state index contributed by atoms with van der Waals surface area (Å²) in [7, 11) is 3.54. The first-order valence-corrected chi connectivity index (χ1v) is 5.80. The van der Waals surface area contributed by atoms with Crippen molar-refractivity contribution in [3.05, 3.63) is 24.3 Å². The summed E-state index contributed by atoms with van der Waals surface area (Å²) in [6.07, 6.45) is 0.196. The second-order valence-corrected chi connectivity index (χ2v) is 3.74. The molecule has 4 nitrogen and oxygen atoms in total. The van der Waals surface area contributed by atoms with Crippen molar-refractivity contribution in [3.8, 4) is 11.5 Å². The molecule has 0 saturated heterocycles. The molecule has 0 bridgehead atoms. The van der Waals surface area contributed by atoms with E-state index in [-0.39, 0.29) is 6.10 Å². The van der Waals surface area contributed by atoms with E-state index < -0.39 is 0 Å². The highest BCUT2D eigenvalue weighted by Gasteiger charge is 2.03. The first-order valence-electron chi connectivity index (χ1n) is 5.80. The SMILES string of the molecule is CNCC(C)OCCOc1ccccc1OC. The van der Waals surface area contributed by atoms with Crippen LogP contribution in [0.1, 0.15) is 6.92 Å². The smallest absolute Gasteiger partial charge is 0.161 e. The molecule has 1 rings (SSSR count). The molecule has 1 aromatic rings. The van der Waals surface area contributed by atoms with Crippen LogP contribution >= 0.6 is 0 Å². The Bertz CT molecular complexity index is 317. The van der Waals surface area contributed by atoms with Crippen LogP contribution in [-0.4, -0.2) is 40.0 Å². The van der Waals surface area contributed by atoms with Crippen LogP contribution in [0, 0.1) is 0 Å². The van der Waals surface area contributed by atoms with Gasteiger partial charge in [-0.15, -0.1) is 0 Å². The maximum atomic E-state index is 5.59. The number of methoxy groups -OCH3 is 1. The number of likely N-dealkylation sites (N-methyl/N-ethyl adjacent to an activating group) is 1. The Labute approximate surface area is 103 Å². The lowest BCUT2D eigenvalue weighted by Gasteiger charge is -2.14.